The first-order valence-corrected chi connectivity index (χ1v) is 4.36. The van der Waals surface area contributed by atoms with Crippen molar-refractivity contribution < 1.29 is 9.53 Å². The molecule has 1 rings (SSSR count). The van der Waals surface area contributed by atoms with Gasteiger partial charge in [-0.25, -0.2) is 0 Å². The number of methoxy groups -OCH3 is 1. The zero-order valence-corrected chi connectivity index (χ0v) is 7.80. The number of allylic oxidation sites excluding steroid dienone is 1. The number of carbonyl (C=O) groups excluding carboxylic acids is 1. The predicted octanol–water partition coefficient (Wildman–Crippen LogP) is 1.95. The van der Waals surface area contributed by atoms with Gasteiger partial charge in [0.25, 0.3) is 0 Å². The maximum atomic E-state index is 11.4. The summed E-state index contributed by atoms with van der Waals surface area (Å²) in [7, 11) is 1.59. The number of ether oxygens (including phenoxy) is 1. The predicted molar refractivity (Wildman–Crippen MR) is 48.0 cm³/mol. The van der Waals surface area contributed by atoms with Gasteiger partial charge in [0.2, 0.25) is 0 Å². The van der Waals surface area contributed by atoms with E-state index in [2.05, 4.69) is 13.5 Å². The minimum atomic E-state index is -0.192. The Kier molecular flexibility index (Phi) is 2.68. The van der Waals surface area contributed by atoms with Crippen molar-refractivity contribution in [2.45, 2.75) is 32.3 Å². The molecule has 1 fully saturated rings. The van der Waals surface area contributed by atoms with Crippen molar-refractivity contribution in [3.63, 3.8) is 0 Å². The van der Waals surface area contributed by atoms with Crippen LogP contribution in [0.25, 0.3) is 0 Å². The highest BCUT2D eigenvalue weighted by atomic mass is 16.5. The monoisotopic (exact) mass is 168 g/mol. The van der Waals surface area contributed by atoms with Gasteiger partial charge in [-0.1, -0.05) is 13.0 Å². The number of hydrogen-bond donors (Lipinski definition) is 0. The molecule has 0 aromatic rings. The third-order valence-corrected chi connectivity index (χ3v) is 2.90. The second-order valence-corrected chi connectivity index (χ2v) is 3.49. The lowest BCUT2D eigenvalue weighted by molar-refractivity contribution is -0.125. The van der Waals surface area contributed by atoms with E-state index in [4.69, 9.17) is 4.74 Å². The standard InChI is InChI=1S/C10H16O2/c1-4-10(5-2)6-8(11)9(7-10)12-3/h4,9H,1,5-7H2,2-3H3. The molecule has 0 aromatic carbocycles. The summed E-state index contributed by atoms with van der Waals surface area (Å²) in [5.41, 5.74) is 0.0117. The second-order valence-electron chi connectivity index (χ2n) is 3.49. The molecule has 0 radical (unpaired) electrons. The maximum Gasteiger partial charge on any atom is 0.162 e. The molecule has 0 saturated heterocycles. The van der Waals surface area contributed by atoms with Crippen molar-refractivity contribution >= 4 is 5.78 Å². The Hall–Kier alpha value is -0.630. The van der Waals surface area contributed by atoms with Crippen LogP contribution in [0.3, 0.4) is 0 Å². The second kappa shape index (κ2) is 3.40. The van der Waals surface area contributed by atoms with E-state index in [1.165, 1.54) is 0 Å². The molecule has 12 heavy (non-hydrogen) atoms. The third-order valence-electron chi connectivity index (χ3n) is 2.90. The Balaban J connectivity index is 2.74. The van der Waals surface area contributed by atoms with E-state index in [1.807, 2.05) is 6.08 Å². The summed E-state index contributed by atoms with van der Waals surface area (Å²) < 4.78 is 5.09. The molecule has 1 saturated carbocycles. The minimum absolute atomic E-state index is 0.0117. The summed E-state index contributed by atoms with van der Waals surface area (Å²) in [6, 6.07) is 0. The third kappa shape index (κ3) is 1.44. The molecule has 2 atom stereocenters. The quantitative estimate of drug-likeness (QED) is 0.602. The van der Waals surface area contributed by atoms with Crippen LogP contribution in [-0.2, 0) is 9.53 Å². The zero-order valence-electron chi connectivity index (χ0n) is 7.80. The summed E-state index contributed by atoms with van der Waals surface area (Å²) in [5.74, 6) is 0.222. The molecule has 2 nitrogen and oxygen atoms in total. The Bertz CT molecular complexity index is 198. The van der Waals surface area contributed by atoms with Crippen molar-refractivity contribution in [1.82, 2.24) is 0 Å². The minimum Gasteiger partial charge on any atom is -0.374 e. The van der Waals surface area contributed by atoms with Gasteiger partial charge in [-0.2, -0.15) is 0 Å². The first-order chi connectivity index (χ1) is 5.67. The molecule has 0 bridgehead atoms. The average Bonchev–Trinajstić information content (AvgIpc) is 2.43. The Labute approximate surface area is 73.6 Å². The van der Waals surface area contributed by atoms with Crippen LogP contribution in [0.4, 0.5) is 0 Å². The fourth-order valence-electron chi connectivity index (χ4n) is 1.80. The van der Waals surface area contributed by atoms with Gasteiger partial charge in [-0.3, -0.25) is 4.79 Å². The number of hydrogen-bond acceptors (Lipinski definition) is 2. The molecular weight excluding hydrogens is 152 g/mol. The number of carbonyl (C=O) groups is 1. The highest BCUT2D eigenvalue weighted by Gasteiger charge is 2.41. The van der Waals surface area contributed by atoms with Gasteiger partial charge in [0.05, 0.1) is 0 Å². The fourth-order valence-corrected chi connectivity index (χ4v) is 1.80. The van der Waals surface area contributed by atoms with E-state index in [1.54, 1.807) is 7.11 Å². The van der Waals surface area contributed by atoms with Gasteiger partial charge in [-0.15, -0.1) is 6.58 Å². The van der Waals surface area contributed by atoms with E-state index in [0.29, 0.717) is 6.42 Å². The molecule has 2 unspecified atom stereocenters. The number of rotatable bonds is 3. The van der Waals surface area contributed by atoms with Gasteiger partial charge in [-0.05, 0) is 18.3 Å². The first kappa shape index (κ1) is 9.46. The molecule has 0 aliphatic heterocycles. The van der Waals surface area contributed by atoms with Crippen LogP contribution in [0, 0.1) is 5.41 Å². The lowest BCUT2D eigenvalue weighted by Crippen LogP contribution is -2.15. The van der Waals surface area contributed by atoms with Gasteiger partial charge in [0.15, 0.2) is 5.78 Å². The number of Topliss-reactive ketones (excluding diaryl/α,β-unsaturated/α-hetero) is 1. The summed E-state index contributed by atoms with van der Waals surface area (Å²) in [4.78, 5) is 11.4. The van der Waals surface area contributed by atoms with Crippen LogP contribution in [-0.4, -0.2) is 19.0 Å². The molecular formula is C10H16O2. The molecule has 1 aliphatic rings. The average molecular weight is 168 g/mol. The highest BCUT2D eigenvalue weighted by molar-refractivity contribution is 5.86. The summed E-state index contributed by atoms with van der Waals surface area (Å²) in [6.45, 7) is 5.87. The van der Waals surface area contributed by atoms with Crippen molar-refractivity contribution in [1.29, 1.82) is 0 Å². The van der Waals surface area contributed by atoms with E-state index in [9.17, 15) is 4.79 Å². The molecule has 2 heteroatoms. The molecule has 1 aliphatic carbocycles. The van der Waals surface area contributed by atoms with Gasteiger partial charge in [0, 0.05) is 13.5 Å². The smallest absolute Gasteiger partial charge is 0.162 e. The van der Waals surface area contributed by atoms with Crippen LogP contribution < -0.4 is 0 Å². The van der Waals surface area contributed by atoms with Crippen molar-refractivity contribution in [2.24, 2.45) is 5.41 Å². The fraction of sp³-hybridized carbons (Fsp3) is 0.700. The lowest BCUT2D eigenvalue weighted by Gasteiger charge is -2.21. The van der Waals surface area contributed by atoms with Crippen molar-refractivity contribution in [3.05, 3.63) is 12.7 Å². The Morgan fingerprint density at radius 3 is 2.75 bits per heavy atom. The van der Waals surface area contributed by atoms with E-state index >= 15 is 0 Å². The Morgan fingerprint density at radius 1 is 1.83 bits per heavy atom. The van der Waals surface area contributed by atoms with Crippen LogP contribution in [0.1, 0.15) is 26.2 Å². The topological polar surface area (TPSA) is 26.3 Å². The number of ketones is 1. The SMILES string of the molecule is C=CC1(CC)CC(=O)C(OC)C1. The molecule has 0 heterocycles. The van der Waals surface area contributed by atoms with Crippen molar-refractivity contribution in [3.8, 4) is 0 Å². The van der Waals surface area contributed by atoms with Crippen LogP contribution >= 0.6 is 0 Å². The van der Waals surface area contributed by atoms with Gasteiger partial charge >= 0.3 is 0 Å². The zero-order chi connectivity index (χ0) is 9.19. The van der Waals surface area contributed by atoms with Gasteiger partial charge in [0.1, 0.15) is 6.10 Å². The van der Waals surface area contributed by atoms with E-state index in [0.717, 1.165) is 12.8 Å². The summed E-state index contributed by atoms with van der Waals surface area (Å²) >= 11 is 0. The van der Waals surface area contributed by atoms with E-state index < -0.39 is 0 Å². The maximum absolute atomic E-state index is 11.4. The summed E-state index contributed by atoms with van der Waals surface area (Å²) in [5, 5.41) is 0. The molecule has 0 amide bonds. The molecule has 0 aromatic heterocycles. The van der Waals surface area contributed by atoms with Crippen LogP contribution in [0.5, 0.6) is 0 Å². The van der Waals surface area contributed by atoms with E-state index in [-0.39, 0.29) is 17.3 Å². The van der Waals surface area contributed by atoms with Gasteiger partial charge < -0.3 is 4.74 Å². The molecule has 0 spiro atoms. The molecule has 68 valence electrons. The van der Waals surface area contributed by atoms with Crippen LogP contribution in [0.15, 0.2) is 12.7 Å². The first-order valence-electron chi connectivity index (χ1n) is 4.36. The summed E-state index contributed by atoms with van der Waals surface area (Å²) in [6.07, 6.45) is 4.10. The highest BCUT2D eigenvalue weighted by Crippen LogP contribution is 2.40. The van der Waals surface area contributed by atoms with Crippen molar-refractivity contribution in [2.75, 3.05) is 7.11 Å². The lowest BCUT2D eigenvalue weighted by atomic mass is 9.84. The molecule has 0 N–H and O–H groups in total. The largest absolute Gasteiger partial charge is 0.374 e. The Morgan fingerprint density at radius 2 is 2.50 bits per heavy atom. The normalized spacial score (nSPS) is 35.5. The van der Waals surface area contributed by atoms with Crippen LogP contribution in [0.2, 0.25) is 0 Å².